The van der Waals surface area contributed by atoms with Gasteiger partial charge in [-0.15, -0.1) is 0 Å². The first kappa shape index (κ1) is 20.3. The van der Waals surface area contributed by atoms with E-state index >= 15 is 0 Å². The largest absolute Gasteiger partial charge is 0.454 e. The summed E-state index contributed by atoms with van der Waals surface area (Å²) < 4.78 is 12.0. The molecular formula is C25H25N3O4. The second-order valence-electron chi connectivity index (χ2n) is 8.30. The molecule has 0 aliphatic carbocycles. The zero-order valence-electron chi connectivity index (χ0n) is 17.8. The van der Waals surface area contributed by atoms with Crippen LogP contribution in [0.25, 0.3) is 11.3 Å². The van der Waals surface area contributed by atoms with Crippen molar-refractivity contribution in [3.05, 3.63) is 76.6 Å². The van der Waals surface area contributed by atoms with Crippen molar-refractivity contribution >= 4 is 5.91 Å². The zero-order valence-corrected chi connectivity index (χ0v) is 17.8. The number of benzene rings is 2. The van der Waals surface area contributed by atoms with E-state index in [1.165, 1.54) is 16.3 Å². The van der Waals surface area contributed by atoms with E-state index in [0.29, 0.717) is 36.2 Å². The van der Waals surface area contributed by atoms with E-state index in [1.807, 2.05) is 29.2 Å². The minimum atomic E-state index is -0.290. The molecule has 2 aromatic carbocycles. The van der Waals surface area contributed by atoms with Crippen molar-refractivity contribution in [3.8, 4) is 22.8 Å². The van der Waals surface area contributed by atoms with Gasteiger partial charge in [-0.25, -0.2) is 4.68 Å². The molecule has 7 nitrogen and oxygen atoms in total. The number of likely N-dealkylation sites (tertiary alicyclic amines) is 1. The first-order valence-electron chi connectivity index (χ1n) is 11.0. The molecular weight excluding hydrogens is 406 g/mol. The summed E-state index contributed by atoms with van der Waals surface area (Å²) in [6, 6.07) is 19.1. The average Bonchev–Trinajstić information content (AvgIpc) is 3.29. The van der Waals surface area contributed by atoms with Gasteiger partial charge < -0.3 is 14.4 Å². The van der Waals surface area contributed by atoms with Crippen molar-refractivity contribution in [2.75, 3.05) is 19.9 Å². The third-order valence-electron chi connectivity index (χ3n) is 6.15. The third kappa shape index (κ3) is 4.37. The predicted octanol–water partition coefficient (Wildman–Crippen LogP) is 3.12. The van der Waals surface area contributed by atoms with Crippen LogP contribution in [0, 0.1) is 5.92 Å². The van der Waals surface area contributed by atoms with Crippen molar-refractivity contribution in [1.29, 1.82) is 0 Å². The van der Waals surface area contributed by atoms with Crippen LogP contribution in [0.3, 0.4) is 0 Å². The van der Waals surface area contributed by atoms with Gasteiger partial charge in [0.05, 0.1) is 5.69 Å². The van der Waals surface area contributed by atoms with Gasteiger partial charge in [-0.05, 0) is 55.0 Å². The fourth-order valence-electron chi connectivity index (χ4n) is 4.33. The highest BCUT2D eigenvalue weighted by Crippen LogP contribution is 2.35. The van der Waals surface area contributed by atoms with Crippen molar-refractivity contribution in [2.24, 2.45) is 5.92 Å². The van der Waals surface area contributed by atoms with Crippen molar-refractivity contribution in [1.82, 2.24) is 14.7 Å². The SMILES string of the molecule is O=C(Cn1nc(-c2ccc3c(c2)OCO3)ccc1=O)N1CCC(Cc2ccccc2)CC1. The van der Waals surface area contributed by atoms with Crippen LogP contribution in [0.1, 0.15) is 18.4 Å². The number of nitrogens with zero attached hydrogens (tertiary/aromatic N) is 3. The lowest BCUT2D eigenvalue weighted by Gasteiger charge is -2.32. The van der Waals surface area contributed by atoms with Crippen LogP contribution in [-0.4, -0.2) is 40.5 Å². The molecule has 0 N–H and O–H groups in total. The fraction of sp³-hybridized carbons (Fsp3) is 0.320. The van der Waals surface area contributed by atoms with E-state index < -0.39 is 0 Å². The van der Waals surface area contributed by atoms with Gasteiger partial charge >= 0.3 is 0 Å². The van der Waals surface area contributed by atoms with Gasteiger partial charge in [0.2, 0.25) is 12.7 Å². The van der Waals surface area contributed by atoms with Gasteiger partial charge in [0.15, 0.2) is 11.5 Å². The molecule has 0 unspecified atom stereocenters. The molecule has 2 aliphatic heterocycles. The summed E-state index contributed by atoms with van der Waals surface area (Å²) in [5.74, 6) is 1.85. The van der Waals surface area contributed by atoms with E-state index in [9.17, 15) is 9.59 Å². The number of carbonyl (C=O) groups excluding carboxylic acids is 1. The number of amides is 1. The van der Waals surface area contributed by atoms with E-state index in [1.54, 1.807) is 6.07 Å². The first-order chi connectivity index (χ1) is 15.7. The molecule has 3 aromatic rings. The summed E-state index contributed by atoms with van der Waals surface area (Å²) >= 11 is 0. The molecule has 5 rings (SSSR count). The molecule has 1 aromatic heterocycles. The monoisotopic (exact) mass is 431 g/mol. The number of carbonyl (C=O) groups is 1. The number of aromatic nitrogens is 2. The van der Waals surface area contributed by atoms with Gasteiger partial charge in [-0.1, -0.05) is 30.3 Å². The Bertz CT molecular complexity index is 1170. The molecule has 0 atom stereocenters. The number of fused-ring (bicyclic) bond motifs is 1. The first-order valence-corrected chi connectivity index (χ1v) is 11.0. The van der Waals surface area contributed by atoms with E-state index in [-0.39, 0.29) is 24.8 Å². The van der Waals surface area contributed by atoms with Crippen LogP contribution >= 0.6 is 0 Å². The Balaban J connectivity index is 1.23. The van der Waals surface area contributed by atoms with Crippen molar-refractivity contribution in [3.63, 3.8) is 0 Å². The summed E-state index contributed by atoms with van der Waals surface area (Å²) in [5, 5.41) is 4.43. The number of piperidine rings is 1. The maximum Gasteiger partial charge on any atom is 0.267 e. The highest BCUT2D eigenvalue weighted by molar-refractivity contribution is 5.76. The summed E-state index contributed by atoms with van der Waals surface area (Å²) in [5.41, 5.74) is 2.46. The number of hydrogen-bond acceptors (Lipinski definition) is 5. The molecule has 1 amide bonds. The number of rotatable bonds is 5. The Kier molecular flexibility index (Phi) is 5.62. The molecule has 0 spiro atoms. The maximum atomic E-state index is 12.9. The normalized spacial score (nSPS) is 15.7. The van der Waals surface area contributed by atoms with Crippen LogP contribution in [0.15, 0.2) is 65.5 Å². The molecule has 2 aliphatic rings. The summed E-state index contributed by atoms with van der Waals surface area (Å²) in [7, 11) is 0. The number of ether oxygens (including phenoxy) is 2. The van der Waals surface area contributed by atoms with E-state index in [2.05, 4.69) is 29.4 Å². The van der Waals surface area contributed by atoms with E-state index in [0.717, 1.165) is 24.8 Å². The second-order valence-corrected chi connectivity index (χ2v) is 8.30. The Labute approximate surface area is 186 Å². The fourth-order valence-corrected chi connectivity index (χ4v) is 4.33. The Hall–Kier alpha value is -3.61. The van der Waals surface area contributed by atoms with E-state index in [4.69, 9.17) is 9.47 Å². The highest BCUT2D eigenvalue weighted by Gasteiger charge is 2.24. The minimum Gasteiger partial charge on any atom is -0.454 e. The van der Waals surface area contributed by atoms with Crippen LogP contribution < -0.4 is 15.0 Å². The quantitative estimate of drug-likeness (QED) is 0.621. The van der Waals surface area contributed by atoms with Crippen molar-refractivity contribution in [2.45, 2.75) is 25.8 Å². The Morgan fingerprint density at radius 2 is 1.75 bits per heavy atom. The third-order valence-corrected chi connectivity index (χ3v) is 6.15. The standard InChI is InChI=1S/C25H25N3O4/c29-24-9-7-21(20-6-8-22-23(15-20)32-17-31-22)26-28(24)16-25(30)27-12-10-19(11-13-27)14-18-4-2-1-3-5-18/h1-9,15,19H,10-14,16-17H2. The number of hydrogen-bond donors (Lipinski definition) is 0. The topological polar surface area (TPSA) is 73.7 Å². The van der Waals surface area contributed by atoms with Crippen LogP contribution in [0.5, 0.6) is 11.5 Å². The van der Waals surface area contributed by atoms with Crippen molar-refractivity contribution < 1.29 is 14.3 Å². The lowest BCUT2D eigenvalue weighted by molar-refractivity contribution is -0.133. The lowest BCUT2D eigenvalue weighted by atomic mass is 9.90. The van der Waals surface area contributed by atoms with Crippen LogP contribution in [0.4, 0.5) is 0 Å². The average molecular weight is 431 g/mol. The molecule has 164 valence electrons. The summed E-state index contributed by atoms with van der Waals surface area (Å²) in [6.45, 7) is 1.57. The van der Waals surface area contributed by atoms with Gasteiger partial charge in [0, 0.05) is 24.7 Å². The van der Waals surface area contributed by atoms with Gasteiger partial charge in [-0.3, -0.25) is 9.59 Å². The molecule has 3 heterocycles. The predicted molar refractivity (Wildman–Crippen MR) is 120 cm³/mol. The smallest absolute Gasteiger partial charge is 0.267 e. The van der Waals surface area contributed by atoms with Gasteiger partial charge in [0.1, 0.15) is 6.54 Å². The zero-order chi connectivity index (χ0) is 21.9. The minimum absolute atomic E-state index is 0.0550. The highest BCUT2D eigenvalue weighted by atomic mass is 16.7. The second kappa shape index (κ2) is 8.86. The molecule has 1 fully saturated rings. The Morgan fingerprint density at radius 3 is 2.56 bits per heavy atom. The maximum absolute atomic E-state index is 12.9. The summed E-state index contributed by atoms with van der Waals surface area (Å²) in [6.07, 6.45) is 2.99. The molecule has 0 radical (unpaired) electrons. The summed E-state index contributed by atoms with van der Waals surface area (Å²) in [4.78, 5) is 27.1. The Morgan fingerprint density at radius 1 is 0.969 bits per heavy atom. The molecule has 1 saturated heterocycles. The molecule has 0 bridgehead atoms. The lowest BCUT2D eigenvalue weighted by Crippen LogP contribution is -2.42. The van der Waals surface area contributed by atoms with Gasteiger partial charge in [-0.2, -0.15) is 5.10 Å². The molecule has 32 heavy (non-hydrogen) atoms. The molecule has 7 heteroatoms. The van der Waals surface area contributed by atoms with Crippen LogP contribution in [0.2, 0.25) is 0 Å². The van der Waals surface area contributed by atoms with Crippen LogP contribution in [-0.2, 0) is 17.8 Å². The van der Waals surface area contributed by atoms with Gasteiger partial charge in [0.25, 0.3) is 5.56 Å². The molecule has 0 saturated carbocycles.